The second-order valence-corrected chi connectivity index (χ2v) is 6.49. The van der Waals surface area contributed by atoms with Gasteiger partial charge in [-0.3, -0.25) is 0 Å². The molecule has 0 aliphatic heterocycles. The zero-order valence-corrected chi connectivity index (χ0v) is 12.3. The molecule has 0 bridgehead atoms. The Kier molecular flexibility index (Phi) is 4.22. The van der Waals surface area contributed by atoms with Crippen molar-refractivity contribution in [2.45, 2.75) is 4.90 Å². The second kappa shape index (κ2) is 5.94. The van der Waals surface area contributed by atoms with E-state index in [-0.39, 0.29) is 21.9 Å². The molecule has 0 unspecified atom stereocenters. The van der Waals surface area contributed by atoms with Crippen LogP contribution in [0.2, 0.25) is 0 Å². The molecule has 0 aliphatic rings. The zero-order chi connectivity index (χ0) is 16.3. The fourth-order valence-corrected chi connectivity index (χ4v) is 2.26. The Bertz CT molecular complexity index is 842. The van der Waals surface area contributed by atoms with Gasteiger partial charge in [-0.2, -0.15) is 10.2 Å². The van der Waals surface area contributed by atoms with Crippen LogP contribution in [0.5, 0.6) is 5.75 Å². The molecule has 0 aliphatic carbocycles. The fraction of sp³-hybridized carbons (Fsp3) is 0.0714. The third-order valence-electron chi connectivity index (χ3n) is 2.76. The number of benzene rings is 2. The number of carboxylic acid groups (broad SMARTS) is 1. The number of nitrogens with zero attached hydrogens (tertiary/aromatic N) is 2. The number of rotatable bonds is 4. The van der Waals surface area contributed by atoms with E-state index in [9.17, 15) is 18.3 Å². The van der Waals surface area contributed by atoms with Gasteiger partial charge in [0.25, 0.3) is 0 Å². The monoisotopic (exact) mass is 320 g/mol. The summed E-state index contributed by atoms with van der Waals surface area (Å²) in [4.78, 5) is 11.1. The van der Waals surface area contributed by atoms with Crippen LogP contribution in [0.3, 0.4) is 0 Å². The van der Waals surface area contributed by atoms with Gasteiger partial charge in [0.15, 0.2) is 9.84 Å². The Labute approximate surface area is 126 Å². The van der Waals surface area contributed by atoms with Crippen molar-refractivity contribution in [1.29, 1.82) is 0 Å². The lowest BCUT2D eigenvalue weighted by Crippen LogP contribution is -1.95. The van der Waals surface area contributed by atoms with Crippen LogP contribution in [0.25, 0.3) is 0 Å². The van der Waals surface area contributed by atoms with Crippen molar-refractivity contribution < 1.29 is 23.4 Å². The molecule has 2 N–H and O–H groups in total. The van der Waals surface area contributed by atoms with Crippen LogP contribution in [-0.2, 0) is 9.84 Å². The predicted molar refractivity (Wildman–Crippen MR) is 78.8 cm³/mol. The zero-order valence-electron chi connectivity index (χ0n) is 11.5. The highest BCUT2D eigenvalue weighted by atomic mass is 32.2. The van der Waals surface area contributed by atoms with Crippen molar-refractivity contribution in [3.8, 4) is 5.75 Å². The molecule has 114 valence electrons. The van der Waals surface area contributed by atoms with E-state index in [2.05, 4.69) is 10.2 Å². The van der Waals surface area contributed by atoms with E-state index >= 15 is 0 Å². The van der Waals surface area contributed by atoms with Crippen LogP contribution in [-0.4, -0.2) is 30.9 Å². The normalized spacial score (nSPS) is 11.7. The van der Waals surface area contributed by atoms with Crippen molar-refractivity contribution >= 4 is 27.2 Å². The van der Waals surface area contributed by atoms with Crippen molar-refractivity contribution in [2.24, 2.45) is 10.2 Å². The van der Waals surface area contributed by atoms with Crippen LogP contribution in [0.15, 0.2) is 57.6 Å². The minimum atomic E-state index is -3.27. The molecular weight excluding hydrogens is 308 g/mol. The first kappa shape index (κ1) is 15.6. The molecule has 0 saturated carbocycles. The molecule has 22 heavy (non-hydrogen) atoms. The highest BCUT2D eigenvalue weighted by Crippen LogP contribution is 2.25. The third kappa shape index (κ3) is 3.67. The average Bonchev–Trinajstić information content (AvgIpc) is 2.45. The first-order valence-electron chi connectivity index (χ1n) is 6.05. The number of azo groups is 1. The smallest absolute Gasteiger partial charge is 0.339 e. The van der Waals surface area contributed by atoms with E-state index in [0.29, 0.717) is 5.69 Å². The van der Waals surface area contributed by atoms with Crippen LogP contribution in [0.4, 0.5) is 11.4 Å². The van der Waals surface area contributed by atoms with E-state index in [4.69, 9.17) is 5.11 Å². The molecule has 0 atom stereocenters. The van der Waals surface area contributed by atoms with Gasteiger partial charge in [0.1, 0.15) is 11.3 Å². The molecule has 0 fully saturated rings. The Morgan fingerprint density at radius 1 is 1.00 bits per heavy atom. The quantitative estimate of drug-likeness (QED) is 0.840. The molecule has 0 spiro atoms. The number of hydrogen-bond donors (Lipinski definition) is 2. The van der Waals surface area contributed by atoms with E-state index in [1.807, 2.05) is 0 Å². The third-order valence-corrected chi connectivity index (χ3v) is 3.88. The molecule has 0 amide bonds. The second-order valence-electron chi connectivity index (χ2n) is 4.47. The number of aromatic hydroxyl groups is 1. The van der Waals surface area contributed by atoms with Gasteiger partial charge in [-0.15, -0.1) is 0 Å². The van der Waals surface area contributed by atoms with Gasteiger partial charge in [-0.05, 0) is 42.5 Å². The maximum absolute atomic E-state index is 11.3. The molecule has 2 aromatic rings. The summed E-state index contributed by atoms with van der Waals surface area (Å²) in [6.45, 7) is 0. The van der Waals surface area contributed by atoms with Crippen LogP contribution >= 0.6 is 0 Å². The van der Waals surface area contributed by atoms with Crippen molar-refractivity contribution in [3.05, 3.63) is 48.0 Å². The average molecular weight is 320 g/mol. The molecule has 8 heteroatoms. The number of hydrogen-bond acceptors (Lipinski definition) is 6. The van der Waals surface area contributed by atoms with E-state index in [1.165, 1.54) is 42.5 Å². The summed E-state index contributed by atoms with van der Waals surface area (Å²) in [6.07, 6.45) is 1.10. The summed E-state index contributed by atoms with van der Waals surface area (Å²) in [6, 6.07) is 9.59. The summed E-state index contributed by atoms with van der Waals surface area (Å²) in [5.74, 6) is -1.63. The van der Waals surface area contributed by atoms with Crippen molar-refractivity contribution in [2.75, 3.05) is 6.26 Å². The lowest BCUT2D eigenvalue weighted by atomic mass is 10.2. The van der Waals surface area contributed by atoms with Crippen molar-refractivity contribution in [1.82, 2.24) is 0 Å². The summed E-state index contributed by atoms with van der Waals surface area (Å²) < 4.78 is 22.6. The van der Waals surface area contributed by atoms with Gasteiger partial charge in [0.05, 0.1) is 16.3 Å². The molecule has 2 aromatic carbocycles. The van der Waals surface area contributed by atoms with Gasteiger partial charge in [0, 0.05) is 6.26 Å². The first-order valence-corrected chi connectivity index (χ1v) is 7.95. The Morgan fingerprint density at radius 3 is 2.09 bits per heavy atom. The maximum atomic E-state index is 11.3. The number of carbonyl (C=O) groups is 1. The number of sulfone groups is 1. The Hall–Kier alpha value is -2.74. The lowest BCUT2D eigenvalue weighted by molar-refractivity contribution is 0.0693. The van der Waals surface area contributed by atoms with Crippen LogP contribution in [0.1, 0.15) is 10.4 Å². The predicted octanol–water partition coefficient (Wildman–Crippen LogP) is 2.91. The van der Waals surface area contributed by atoms with Crippen LogP contribution in [0, 0.1) is 0 Å². The van der Waals surface area contributed by atoms with E-state index in [1.54, 1.807) is 0 Å². The SMILES string of the molecule is CS(=O)(=O)c1ccc(N=Nc2ccc(O)c(C(=O)O)c2)cc1. The molecule has 0 saturated heterocycles. The molecule has 7 nitrogen and oxygen atoms in total. The molecule has 0 heterocycles. The van der Waals surface area contributed by atoms with Gasteiger partial charge < -0.3 is 10.2 Å². The van der Waals surface area contributed by atoms with Gasteiger partial charge in [0.2, 0.25) is 0 Å². The largest absolute Gasteiger partial charge is 0.507 e. The maximum Gasteiger partial charge on any atom is 0.339 e. The Morgan fingerprint density at radius 2 is 1.55 bits per heavy atom. The first-order chi connectivity index (χ1) is 10.3. The summed E-state index contributed by atoms with van der Waals surface area (Å²) in [5, 5.41) is 26.0. The lowest BCUT2D eigenvalue weighted by Gasteiger charge is -2.00. The Balaban J connectivity index is 2.25. The highest BCUT2D eigenvalue weighted by molar-refractivity contribution is 7.90. The minimum absolute atomic E-state index is 0.171. The summed E-state index contributed by atoms with van der Waals surface area (Å²) in [5.41, 5.74) is 0.392. The number of phenols is 1. The van der Waals surface area contributed by atoms with E-state index in [0.717, 1.165) is 6.26 Å². The summed E-state index contributed by atoms with van der Waals surface area (Å²) in [7, 11) is -3.27. The highest BCUT2D eigenvalue weighted by Gasteiger charge is 2.10. The number of carboxylic acids is 1. The minimum Gasteiger partial charge on any atom is -0.507 e. The molecule has 2 rings (SSSR count). The molecule has 0 radical (unpaired) electrons. The van der Waals surface area contributed by atoms with Gasteiger partial charge in [-0.1, -0.05) is 0 Å². The van der Waals surface area contributed by atoms with E-state index < -0.39 is 15.8 Å². The fourth-order valence-electron chi connectivity index (χ4n) is 1.63. The van der Waals surface area contributed by atoms with Crippen LogP contribution < -0.4 is 0 Å². The molecular formula is C14H12N2O5S. The standard InChI is InChI=1S/C14H12N2O5S/c1-22(20,21)11-5-2-9(3-6-11)15-16-10-4-7-13(17)12(8-10)14(18)19/h2-8,17H,1H3,(H,18,19). The van der Waals surface area contributed by atoms with Crippen molar-refractivity contribution in [3.63, 3.8) is 0 Å². The topological polar surface area (TPSA) is 116 Å². The summed E-state index contributed by atoms with van der Waals surface area (Å²) >= 11 is 0. The van der Waals surface area contributed by atoms with Gasteiger partial charge in [-0.25, -0.2) is 13.2 Å². The van der Waals surface area contributed by atoms with Gasteiger partial charge >= 0.3 is 5.97 Å². The number of aromatic carboxylic acids is 1. The molecule has 0 aromatic heterocycles.